The van der Waals surface area contributed by atoms with Crippen LogP contribution in [0.5, 0.6) is 0 Å². The van der Waals surface area contributed by atoms with Gasteiger partial charge in [0, 0.05) is 0 Å². The summed E-state index contributed by atoms with van der Waals surface area (Å²) in [6.07, 6.45) is -2.61. The average Bonchev–Trinajstić information content (AvgIpc) is 2.91. The second-order valence-electron chi connectivity index (χ2n) is 11.2. The summed E-state index contributed by atoms with van der Waals surface area (Å²) in [6.45, 7) is 5.38. The Bertz CT molecular complexity index is 1170. The van der Waals surface area contributed by atoms with Crippen LogP contribution < -0.4 is 32.5 Å². The van der Waals surface area contributed by atoms with Crippen molar-refractivity contribution in [3.05, 3.63) is 35.9 Å². The van der Waals surface area contributed by atoms with Gasteiger partial charge in [0.25, 0.3) is 0 Å². The molecule has 44 heavy (non-hydrogen) atoms. The van der Waals surface area contributed by atoms with Crippen molar-refractivity contribution < 1.29 is 57.5 Å². The predicted octanol–water partition coefficient (Wildman–Crippen LogP) is -0.704. The number of rotatable bonds is 11. The number of primary amides is 1. The summed E-state index contributed by atoms with van der Waals surface area (Å²) in [6, 6.07) is 6.40. The van der Waals surface area contributed by atoms with Gasteiger partial charge in [-0.05, 0) is 39.2 Å². The largest absolute Gasteiger partial charge is 0.542 e. The number of nitrogens with one attached hydrogen (secondary N) is 3. The van der Waals surface area contributed by atoms with E-state index < -0.39 is 65.5 Å². The highest BCUT2D eigenvalue weighted by atomic mass is 19.4. The number of benzene rings is 1. The minimum Gasteiger partial charge on any atom is -0.542 e. The van der Waals surface area contributed by atoms with Crippen LogP contribution in [0.4, 0.5) is 13.2 Å². The quantitative estimate of drug-likeness (QED) is 0.196. The molecule has 0 radical (unpaired) electrons. The van der Waals surface area contributed by atoms with E-state index in [0.29, 0.717) is 37.8 Å². The number of nitrogens with two attached hydrogens (primary N) is 1. The fourth-order valence-electron chi connectivity index (χ4n) is 4.28. The molecule has 0 aliphatic heterocycles. The second-order valence-corrected chi connectivity index (χ2v) is 11.2. The first-order valence-corrected chi connectivity index (χ1v) is 13.9. The number of carbonyl (C=O) groups excluding carboxylic acids is 6. The highest BCUT2D eigenvalue weighted by molar-refractivity contribution is 5.97. The van der Waals surface area contributed by atoms with E-state index in [4.69, 9.17) is 20.4 Å². The van der Waals surface area contributed by atoms with Crippen LogP contribution in [0.1, 0.15) is 77.3 Å². The van der Waals surface area contributed by atoms with Gasteiger partial charge in [-0.1, -0.05) is 49.6 Å². The van der Waals surface area contributed by atoms with Crippen molar-refractivity contribution in [2.45, 2.75) is 95.1 Å². The Morgan fingerprint density at radius 1 is 1.00 bits per heavy atom. The van der Waals surface area contributed by atoms with Gasteiger partial charge in [0.15, 0.2) is 0 Å². The summed E-state index contributed by atoms with van der Waals surface area (Å²) < 4.78 is 36.9. The van der Waals surface area contributed by atoms with Crippen molar-refractivity contribution in [2.75, 3.05) is 6.54 Å². The summed E-state index contributed by atoms with van der Waals surface area (Å²) in [5, 5.41) is 17.0. The van der Waals surface area contributed by atoms with Crippen molar-refractivity contribution in [1.82, 2.24) is 16.0 Å². The maximum atomic E-state index is 13.6. The Kier molecular flexibility index (Phi) is 14.3. The third-order valence-corrected chi connectivity index (χ3v) is 6.24. The highest BCUT2D eigenvalue weighted by Gasteiger charge is 2.44. The lowest BCUT2D eigenvalue weighted by molar-refractivity contribution is -0.366. The fraction of sp³-hybridized carbons (Fsp3) is 0.571. The lowest BCUT2D eigenvalue weighted by Crippen LogP contribution is -2.63. The number of carboxylic acids is 1. The van der Waals surface area contributed by atoms with Gasteiger partial charge in [0.1, 0.15) is 29.2 Å². The molecule has 0 saturated heterocycles. The van der Waals surface area contributed by atoms with E-state index in [2.05, 4.69) is 21.7 Å². The topological polar surface area (TPSA) is 224 Å². The van der Waals surface area contributed by atoms with Gasteiger partial charge in [0.05, 0.1) is 19.4 Å². The SMILES string of the molecule is CC(C)(C)OC(=O)[C@H](CC(N)=O)NC(=O)C1(NC(=O)[C@H](NC(=O)CC[NH3+])c2ccccc2)CCCCC1.O=C([O-])C(F)(F)F. The maximum absolute atomic E-state index is 13.6. The van der Waals surface area contributed by atoms with Crippen LogP contribution in [0.2, 0.25) is 0 Å². The zero-order valence-corrected chi connectivity index (χ0v) is 24.9. The smallest absolute Gasteiger partial charge is 0.430 e. The number of quaternary nitrogens is 1. The first kappa shape index (κ1) is 37.8. The number of amides is 4. The molecule has 2 rings (SSSR count). The van der Waals surface area contributed by atoms with E-state index in [1.807, 2.05) is 0 Å². The maximum Gasteiger partial charge on any atom is 0.430 e. The lowest BCUT2D eigenvalue weighted by atomic mass is 9.80. The summed E-state index contributed by atoms with van der Waals surface area (Å²) in [4.78, 5) is 72.7. The molecule has 0 heterocycles. The number of aliphatic carboxylic acids is 1. The number of alkyl halides is 3. The van der Waals surface area contributed by atoms with Crippen LogP contribution in [-0.4, -0.2) is 65.5 Å². The fourth-order valence-corrected chi connectivity index (χ4v) is 4.28. The van der Waals surface area contributed by atoms with Crippen LogP contribution >= 0.6 is 0 Å². The molecule has 2 atom stereocenters. The van der Waals surface area contributed by atoms with Crippen LogP contribution in [-0.2, 0) is 33.5 Å². The molecular formula is C28H40F3N5O8. The average molecular weight is 632 g/mol. The summed E-state index contributed by atoms with van der Waals surface area (Å²) in [5.41, 5.74) is 7.38. The Labute approximate surface area is 252 Å². The van der Waals surface area contributed by atoms with E-state index in [9.17, 15) is 37.1 Å². The molecule has 1 aliphatic carbocycles. The molecule has 13 nitrogen and oxygen atoms in total. The second kappa shape index (κ2) is 16.6. The molecule has 0 bridgehead atoms. The molecule has 1 saturated carbocycles. The summed E-state index contributed by atoms with van der Waals surface area (Å²) >= 11 is 0. The van der Waals surface area contributed by atoms with Gasteiger partial charge < -0.3 is 42.1 Å². The number of esters is 1. The monoisotopic (exact) mass is 631 g/mol. The van der Waals surface area contributed by atoms with E-state index in [1.54, 1.807) is 51.1 Å². The molecule has 1 aromatic carbocycles. The minimum atomic E-state index is -5.19. The van der Waals surface area contributed by atoms with Crippen LogP contribution in [0, 0.1) is 0 Å². The van der Waals surface area contributed by atoms with Crippen molar-refractivity contribution >= 4 is 35.6 Å². The molecule has 0 unspecified atom stereocenters. The molecule has 1 fully saturated rings. The van der Waals surface area contributed by atoms with Gasteiger partial charge >= 0.3 is 12.1 Å². The van der Waals surface area contributed by atoms with E-state index >= 15 is 0 Å². The predicted molar refractivity (Wildman–Crippen MR) is 146 cm³/mol. The van der Waals surface area contributed by atoms with Gasteiger partial charge in [-0.25, -0.2) is 4.79 Å². The molecule has 0 spiro atoms. The van der Waals surface area contributed by atoms with Crippen molar-refractivity contribution in [3.63, 3.8) is 0 Å². The lowest BCUT2D eigenvalue weighted by Gasteiger charge is -2.38. The third kappa shape index (κ3) is 13.0. The minimum absolute atomic E-state index is 0.146. The Morgan fingerprint density at radius 2 is 1.55 bits per heavy atom. The molecule has 8 N–H and O–H groups in total. The summed E-state index contributed by atoms with van der Waals surface area (Å²) in [7, 11) is 0. The van der Waals surface area contributed by atoms with Gasteiger partial charge in [0.2, 0.25) is 23.6 Å². The number of hydrogen-bond donors (Lipinski definition) is 5. The Balaban J connectivity index is 0.00000123. The first-order valence-electron chi connectivity index (χ1n) is 13.9. The Morgan fingerprint density at radius 3 is 2.00 bits per heavy atom. The zero-order valence-electron chi connectivity index (χ0n) is 24.9. The highest BCUT2D eigenvalue weighted by Crippen LogP contribution is 2.30. The van der Waals surface area contributed by atoms with E-state index in [0.717, 1.165) is 6.42 Å². The number of carboxylic acid groups (broad SMARTS) is 1. The van der Waals surface area contributed by atoms with Crippen LogP contribution in [0.3, 0.4) is 0 Å². The molecule has 16 heteroatoms. The summed E-state index contributed by atoms with van der Waals surface area (Å²) in [5.74, 6) is -6.08. The zero-order chi connectivity index (χ0) is 33.7. The number of carbonyl (C=O) groups is 6. The molecule has 246 valence electrons. The molecule has 1 aliphatic rings. The number of halogens is 3. The molecule has 4 amide bonds. The number of ether oxygens (including phenoxy) is 1. The number of hydrogen-bond acceptors (Lipinski definition) is 8. The van der Waals surface area contributed by atoms with Crippen LogP contribution in [0.25, 0.3) is 0 Å². The van der Waals surface area contributed by atoms with E-state index in [-0.39, 0.29) is 12.3 Å². The normalized spacial score (nSPS) is 15.7. The van der Waals surface area contributed by atoms with E-state index in [1.165, 1.54) is 0 Å². The standard InChI is InChI=1S/C26H39N5O6.C2HF3O2/c1-25(2,3)37-23(35)18(16-19(28)32)29-24(36)26(13-8-5-9-14-26)31-22(34)21(30-20(33)12-15-27)17-10-6-4-7-11-17;3-2(4,5)1(6)7/h4,6-7,10-11,18,21H,5,8-9,12-16,27H2,1-3H3,(H2,28,32)(H,29,36)(H,30,33)(H,31,34);(H,6,7)/t18-,21+;/m0./s1. The molecule has 1 aromatic rings. The van der Waals surface area contributed by atoms with Crippen LogP contribution in [0.15, 0.2) is 30.3 Å². The molecule has 0 aromatic heterocycles. The van der Waals surface area contributed by atoms with Gasteiger partial charge in [-0.3, -0.25) is 19.2 Å². The Hall–Kier alpha value is -4.21. The van der Waals surface area contributed by atoms with Gasteiger partial charge in [-0.15, -0.1) is 0 Å². The first-order chi connectivity index (χ1) is 20.3. The van der Waals surface area contributed by atoms with Crippen molar-refractivity contribution in [2.24, 2.45) is 5.73 Å². The van der Waals surface area contributed by atoms with Crippen molar-refractivity contribution in [1.29, 1.82) is 0 Å². The van der Waals surface area contributed by atoms with Gasteiger partial charge in [-0.2, -0.15) is 13.2 Å². The molecular weight excluding hydrogens is 591 g/mol. The van der Waals surface area contributed by atoms with Crippen molar-refractivity contribution in [3.8, 4) is 0 Å². The third-order valence-electron chi connectivity index (χ3n) is 6.24.